The van der Waals surface area contributed by atoms with E-state index in [1.165, 1.54) is 0 Å². The largest absolute Gasteiger partial charge is 0.465 e. The topological polar surface area (TPSA) is 39.2 Å². The van der Waals surface area contributed by atoms with Crippen molar-refractivity contribution in [2.24, 2.45) is 11.7 Å². The average molecular weight is 167 g/mol. The van der Waals surface area contributed by atoms with Crippen LogP contribution in [0.2, 0.25) is 0 Å². The van der Waals surface area contributed by atoms with Crippen molar-refractivity contribution in [2.45, 2.75) is 33.2 Å². The van der Waals surface area contributed by atoms with Gasteiger partial charge in [0.15, 0.2) is 0 Å². The highest BCUT2D eigenvalue weighted by Gasteiger charge is 2.11. The maximum Gasteiger partial charge on any atom is 0.120 e. The molecule has 0 bridgehead atoms. The molecule has 0 aliphatic rings. The summed E-state index contributed by atoms with van der Waals surface area (Å²) in [4.78, 5) is 0. The molecule has 0 saturated carbocycles. The molecule has 1 unspecified atom stereocenters. The molecular weight excluding hydrogens is 150 g/mol. The highest BCUT2D eigenvalue weighted by atomic mass is 16.3. The van der Waals surface area contributed by atoms with E-state index >= 15 is 0 Å². The van der Waals surface area contributed by atoms with Gasteiger partial charge in [-0.3, -0.25) is 0 Å². The molecule has 2 heteroatoms. The Labute approximate surface area is 73.8 Å². The SMILES string of the molecule is Cc1ccc(C(N)CC(C)C)o1. The van der Waals surface area contributed by atoms with Crippen molar-refractivity contribution in [2.75, 3.05) is 0 Å². The second-order valence-electron chi connectivity index (χ2n) is 3.68. The summed E-state index contributed by atoms with van der Waals surface area (Å²) in [5, 5.41) is 0. The van der Waals surface area contributed by atoms with E-state index < -0.39 is 0 Å². The molecule has 2 N–H and O–H groups in total. The van der Waals surface area contributed by atoms with Gasteiger partial charge in [-0.25, -0.2) is 0 Å². The standard InChI is InChI=1S/C10H17NO/c1-7(2)6-9(11)10-5-4-8(3)12-10/h4-5,7,9H,6,11H2,1-3H3. The summed E-state index contributed by atoms with van der Waals surface area (Å²) in [5.41, 5.74) is 5.92. The lowest BCUT2D eigenvalue weighted by Crippen LogP contribution is -2.11. The number of nitrogens with two attached hydrogens (primary N) is 1. The number of aryl methyl sites for hydroxylation is 1. The van der Waals surface area contributed by atoms with Gasteiger partial charge in [-0.2, -0.15) is 0 Å². The van der Waals surface area contributed by atoms with Gasteiger partial charge in [0, 0.05) is 0 Å². The Hall–Kier alpha value is -0.760. The quantitative estimate of drug-likeness (QED) is 0.751. The lowest BCUT2D eigenvalue weighted by molar-refractivity contribution is 0.404. The van der Waals surface area contributed by atoms with Crippen molar-refractivity contribution < 1.29 is 4.42 Å². The molecule has 1 rings (SSSR count). The van der Waals surface area contributed by atoms with Crippen LogP contribution >= 0.6 is 0 Å². The van der Waals surface area contributed by atoms with Gasteiger partial charge in [0.25, 0.3) is 0 Å². The van der Waals surface area contributed by atoms with Gasteiger partial charge in [0.2, 0.25) is 0 Å². The average Bonchev–Trinajstić information content (AvgIpc) is 2.34. The van der Waals surface area contributed by atoms with Crippen LogP contribution in [0, 0.1) is 12.8 Å². The first kappa shape index (κ1) is 9.33. The van der Waals surface area contributed by atoms with Gasteiger partial charge in [-0.1, -0.05) is 13.8 Å². The van der Waals surface area contributed by atoms with E-state index in [-0.39, 0.29) is 6.04 Å². The minimum absolute atomic E-state index is 0.0544. The molecular formula is C10H17NO. The predicted molar refractivity (Wildman–Crippen MR) is 49.8 cm³/mol. The van der Waals surface area contributed by atoms with Crippen molar-refractivity contribution in [3.8, 4) is 0 Å². The van der Waals surface area contributed by atoms with Gasteiger partial charge < -0.3 is 10.2 Å². The van der Waals surface area contributed by atoms with Crippen molar-refractivity contribution in [1.29, 1.82) is 0 Å². The maximum atomic E-state index is 5.92. The normalized spacial score (nSPS) is 13.8. The summed E-state index contributed by atoms with van der Waals surface area (Å²) < 4.78 is 5.42. The molecule has 2 nitrogen and oxygen atoms in total. The zero-order valence-corrected chi connectivity index (χ0v) is 8.00. The zero-order valence-electron chi connectivity index (χ0n) is 8.00. The van der Waals surface area contributed by atoms with Crippen molar-refractivity contribution in [3.05, 3.63) is 23.7 Å². The molecule has 0 saturated heterocycles. The van der Waals surface area contributed by atoms with Crippen LogP contribution in [0.5, 0.6) is 0 Å². The molecule has 68 valence electrons. The molecule has 12 heavy (non-hydrogen) atoms. The third-order valence-electron chi connectivity index (χ3n) is 1.85. The summed E-state index contributed by atoms with van der Waals surface area (Å²) in [6.45, 7) is 6.26. The molecule has 1 aromatic heterocycles. The second kappa shape index (κ2) is 3.76. The Morgan fingerprint density at radius 3 is 2.50 bits per heavy atom. The summed E-state index contributed by atoms with van der Waals surface area (Å²) in [6.07, 6.45) is 0.979. The molecule has 0 fully saturated rings. The molecule has 0 amide bonds. The first-order valence-corrected chi connectivity index (χ1v) is 4.41. The second-order valence-corrected chi connectivity index (χ2v) is 3.68. The first-order valence-electron chi connectivity index (χ1n) is 4.41. The van der Waals surface area contributed by atoms with Gasteiger partial charge >= 0.3 is 0 Å². The van der Waals surface area contributed by atoms with E-state index in [2.05, 4.69) is 13.8 Å². The van der Waals surface area contributed by atoms with Crippen LogP contribution in [-0.4, -0.2) is 0 Å². The Kier molecular flexibility index (Phi) is 2.93. The fourth-order valence-corrected chi connectivity index (χ4v) is 1.28. The Balaban J connectivity index is 2.58. The number of hydrogen-bond donors (Lipinski definition) is 1. The third-order valence-corrected chi connectivity index (χ3v) is 1.85. The maximum absolute atomic E-state index is 5.92. The Morgan fingerprint density at radius 1 is 1.42 bits per heavy atom. The smallest absolute Gasteiger partial charge is 0.120 e. The van der Waals surface area contributed by atoms with Crippen LogP contribution in [-0.2, 0) is 0 Å². The van der Waals surface area contributed by atoms with Crippen LogP contribution in [0.4, 0.5) is 0 Å². The highest BCUT2D eigenvalue weighted by Crippen LogP contribution is 2.20. The van der Waals surface area contributed by atoms with Gasteiger partial charge in [0.1, 0.15) is 11.5 Å². The molecule has 0 radical (unpaired) electrons. The fraction of sp³-hybridized carbons (Fsp3) is 0.600. The van der Waals surface area contributed by atoms with E-state index in [1.54, 1.807) is 0 Å². The van der Waals surface area contributed by atoms with E-state index in [0.29, 0.717) is 5.92 Å². The van der Waals surface area contributed by atoms with Gasteiger partial charge in [-0.05, 0) is 31.4 Å². The van der Waals surface area contributed by atoms with Crippen LogP contribution in [0.15, 0.2) is 16.5 Å². The monoisotopic (exact) mass is 167 g/mol. The fourth-order valence-electron chi connectivity index (χ4n) is 1.28. The molecule has 0 aliphatic carbocycles. The van der Waals surface area contributed by atoms with Gasteiger partial charge in [0.05, 0.1) is 6.04 Å². The highest BCUT2D eigenvalue weighted by molar-refractivity contribution is 5.09. The van der Waals surface area contributed by atoms with E-state index in [1.807, 2.05) is 19.1 Å². The van der Waals surface area contributed by atoms with E-state index in [0.717, 1.165) is 17.9 Å². The zero-order chi connectivity index (χ0) is 9.14. The molecule has 0 spiro atoms. The van der Waals surface area contributed by atoms with E-state index in [4.69, 9.17) is 10.2 Å². The summed E-state index contributed by atoms with van der Waals surface area (Å²) in [6, 6.07) is 3.97. The molecule has 0 aliphatic heterocycles. The lowest BCUT2D eigenvalue weighted by atomic mass is 10.0. The number of hydrogen-bond acceptors (Lipinski definition) is 2. The summed E-state index contributed by atoms with van der Waals surface area (Å²) in [5.74, 6) is 2.45. The minimum Gasteiger partial charge on any atom is -0.465 e. The third kappa shape index (κ3) is 2.38. The number of furan rings is 1. The lowest BCUT2D eigenvalue weighted by Gasteiger charge is -2.10. The van der Waals surface area contributed by atoms with Crippen LogP contribution < -0.4 is 5.73 Å². The molecule has 1 atom stereocenters. The van der Waals surface area contributed by atoms with E-state index in [9.17, 15) is 0 Å². The van der Waals surface area contributed by atoms with Crippen molar-refractivity contribution in [3.63, 3.8) is 0 Å². The predicted octanol–water partition coefficient (Wildman–Crippen LogP) is 2.63. The van der Waals surface area contributed by atoms with Crippen LogP contribution in [0.3, 0.4) is 0 Å². The minimum atomic E-state index is 0.0544. The summed E-state index contributed by atoms with van der Waals surface area (Å²) in [7, 11) is 0. The van der Waals surface area contributed by atoms with Crippen molar-refractivity contribution >= 4 is 0 Å². The number of rotatable bonds is 3. The molecule has 1 heterocycles. The summed E-state index contributed by atoms with van der Waals surface area (Å²) >= 11 is 0. The molecule has 0 aromatic carbocycles. The van der Waals surface area contributed by atoms with Gasteiger partial charge in [-0.15, -0.1) is 0 Å². The molecule has 1 aromatic rings. The van der Waals surface area contributed by atoms with Crippen LogP contribution in [0.25, 0.3) is 0 Å². The first-order chi connectivity index (χ1) is 5.59. The Bertz CT molecular complexity index is 240. The Morgan fingerprint density at radius 2 is 2.08 bits per heavy atom. The van der Waals surface area contributed by atoms with Crippen LogP contribution in [0.1, 0.15) is 37.8 Å². The van der Waals surface area contributed by atoms with Crippen molar-refractivity contribution in [1.82, 2.24) is 0 Å².